The molecule has 0 spiro atoms. The van der Waals surface area contributed by atoms with Crippen LogP contribution < -0.4 is 0 Å². The first kappa shape index (κ1) is 17.1. The van der Waals surface area contributed by atoms with Gasteiger partial charge in [0.05, 0.1) is 10.6 Å². The maximum atomic E-state index is 13.6. The molecular formula is C19H16ClFO2S. The van der Waals surface area contributed by atoms with Gasteiger partial charge in [-0.25, -0.2) is 4.39 Å². The minimum atomic E-state index is -0.998. The Bertz CT molecular complexity index is 858. The van der Waals surface area contributed by atoms with Gasteiger partial charge in [-0.15, -0.1) is 11.8 Å². The summed E-state index contributed by atoms with van der Waals surface area (Å²) in [6.07, 6.45) is 1.94. The van der Waals surface area contributed by atoms with Crippen LogP contribution in [0.4, 0.5) is 4.39 Å². The summed E-state index contributed by atoms with van der Waals surface area (Å²) in [6.45, 7) is 3.42. The van der Waals surface area contributed by atoms with Crippen LogP contribution in [0.5, 0.6) is 0 Å². The van der Waals surface area contributed by atoms with Gasteiger partial charge in [0.1, 0.15) is 11.6 Å². The molecule has 1 aliphatic rings. The number of ketones is 1. The third kappa shape index (κ3) is 2.96. The van der Waals surface area contributed by atoms with Crippen molar-refractivity contribution in [3.63, 3.8) is 0 Å². The highest BCUT2D eigenvalue weighted by Gasteiger charge is 2.42. The van der Waals surface area contributed by atoms with Crippen molar-refractivity contribution in [1.29, 1.82) is 0 Å². The minimum absolute atomic E-state index is 0.173. The van der Waals surface area contributed by atoms with E-state index in [0.717, 1.165) is 4.90 Å². The Morgan fingerprint density at radius 3 is 2.50 bits per heavy atom. The molecule has 124 valence electrons. The summed E-state index contributed by atoms with van der Waals surface area (Å²) in [5, 5.41) is 0.590. The summed E-state index contributed by atoms with van der Waals surface area (Å²) in [5.74, 6) is -0.133. The Morgan fingerprint density at radius 1 is 1.12 bits per heavy atom. The lowest BCUT2D eigenvalue weighted by molar-refractivity contribution is -0.125. The second kappa shape index (κ2) is 6.26. The Balaban J connectivity index is 2.20. The number of hydrogen-bond acceptors (Lipinski definition) is 3. The van der Waals surface area contributed by atoms with Crippen molar-refractivity contribution in [1.82, 2.24) is 0 Å². The van der Waals surface area contributed by atoms with Gasteiger partial charge in [-0.1, -0.05) is 29.8 Å². The zero-order valence-electron chi connectivity index (χ0n) is 13.5. The number of carbonyl (C=O) groups excluding carboxylic acids is 1. The van der Waals surface area contributed by atoms with Gasteiger partial charge in [-0.2, -0.15) is 0 Å². The van der Waals surface area contributed by atoms with Gasteiger partial charge >= 0.3 is 0 Å². The molecule has 1 aliphatic heterocycles. The molecule has 5 heteroatoms. The number of ether oxygens (including phenoxy) is 1. The molecule has 2 aromatic carbocycles. The van der Waals surface area contributed by atoms with Crippen LogP contribution in [-0.4, -0.2) is 17.6 Å². The van der Waals surface area contributed by atoms with Crippen LogP contribution in [0, 0.1) is 5.82 Å². The molecule has 0 aliphatic carbocycles. The van der Waals surface area contributed by atoms with Crippen LogP contribution in [0.2, 0.25) is 5.02 Å². The summed E-state index contributed by atoms with van der Waals surface area (Å²) in [6, 6.07) is 11.5. The van der Waals surface area contributed by atoms with E-state index in [4.69, 9.17) is 16.3 Å². The highest BCUT2D eigenvalue weighted by molar-refractivity contribution is 7.98. The lowest BCUT2D eigenvalue weighted by Crippen LogP contribution is -2.29. The van der Waals surface area contributed by atoms with Crippen LogP contribution in [0.1, 0.15) is 25.0 Å². The number of benzene rings is 2. The Labute approximate surface area is 149 Å². The second-order valence-electron chi connectivity index (χ2n) is 6.01. The molecule has 1 heterocycles. The van der Waals surface area contributed by atoms with E-state index in [0.29, 0.717) is 27.5 Å². The molecule has 2 nitrogen and oxygen atoms in total. The molecule has 0 aromatic heterocycles. The molecule has 2 aromatic rings. The van der Waals surface area contributed by atoms with Crippen LogP contribution in [-0.2, 0) is 9.53 Å². The third-order valence-corrected chi connectivity index (χ3v) is 5.11. The van der Waals surface area contributed by atoms with Crippen LogP contribution in [0.15, 0.2) is 47.4 Å². The standard InChI is InChI=1S/C19H16ClFO2S/c1-19(2)18(22)16(11-5-4-6-13(21)9-11)17(23-19)12-7-8-15(24-3)14(20)10-12/h4-10H,1-3H3. The van der Waals surface area contributed by atoms with Gasteiger partial charge in [-0.3, -0.25) is 4.79 Å². The lowest BCUT2D eigenvalue weighted by Gasteiger charge is -2.18. The Hall–Kier alpha value is -1.78. The minimum Gasteiger partial charge on any atom is -0.478 e. The topological polar surface area (TPSA) is 26.3 Å². The van der Waals surface area contributed by atoms with E-state index in [2.05, 4.69) is 0 Å². The molecule has 3 rings (SSSR count). The molecule has 0 atom stereocenters. The SMILES string of the molecule is CSc1ccc(C2=C(c3cccc(F)c3)C(=O)C(C)(C)O2)cc1Cl. The van der Waals surface area contributed by atoms with E-state index < -0.39 is 11.4 Å². The molecule has 24 heavy (non-hydrogen) atoms. The summed E-state index contributed by atoms with van der Waals surface area (Å²) in [5.41, 5.74) is 0.593. The molecule has 0 bridgehead atoms. The zero-order valence-corrected chi connectivity index (χ0v) is 15.1. The van der Waals surface area contributed by atoms with Crippen molar-refractivity contribution in [2.45, 2.75) is 24.3 Å². The second-order valence-corrected chi connectivity index (χ2v) is 7.26. The number of hydrogen-bond donors (Lipinski definition) is 0. The number of halogens is 2. The number of thioether (sulfide) groups is 1. The average Bonchev–Trinajstić information content (AvgIpc) is 2.77. The van der Waals surface area contributed by atoms with E-state index in [1.165, 1.54) is 12.1 Å². The number of rotatable bonds is 3. The fourth-order valence-electron chi connectivity index (χ4n) is 2.67. The quantitative estimate of drug-likeness (QED) is 0.679. The van der Waals surface area contributed by atoms with E-state index in [-0.39, 0.29) is 5.78 Å². The molecule has 0 amide bonds. The van der Waals surface area contributed by atoms with E-state index in [1.54, 1.807) is 43.8 Å². The van der Waals surface area contributed by atoms with Crippen LogP contribution >= 0.6 is 23.4 Å². The predicted octanol–water partition coefficient (Wildman–Crippen LogP) is 5.45. The van der Waals surface area contributed by atoms with Crippen molar-refractivity contribution in [2.24, 2.45) is 0 Å². The average molecular weight is 363 g/mol. The summed E-state index contributed by atoms with van der Waals surface area (Å²) < 4.78 is 19.6. The largest absolute Gasteiger partial charge is 0.478 e. The first-order valence-corrected chi connectivity index (χ1v) is 9.01. The predicted molar refractivity (Wildman–Crippen MR) is 96.6 cm³/mol. The van der Waals surface area contributed by atoms with E-state index in [9.17, 15) is 9.18 Å². The summed E-state index contributed by atoms with van der Waals surface area (Å²) in [7, 11) is 0. The zero-order chi connectivity index (χ0) is 17.5. The number of carbonyl (C=O) groups is 1. The molecule has 0 saturated carbocycles. The smallest absolute Gasteiger partial charge is 0.210 e. The monoisotopic (exact) mass is 362 g/mol. The van der Waals surface area contributed by atoms with E-state index >= 15 is 0 Å². The maximum Gasteiger partial charge on any atom is 0.210 e. The Morgan fingerprint density at radius 2 is 1.88 bits per heavy atom. The summed E-state index contributed by atoms with van der Waals surface area (Å²) in [4.78, 5) is 13.7. The molecule has 0 saturated heterocycles. The first-order chi connectivity index (χ1) is 11.3. The highest BCUT2D eigenvalue weighted by atomic mass is 35.5. The van der Waals surface area contributed by atoms with Gasteiger partial charge < -0.3 is 4.74 Å². The van der Waals surface area contributed by atoms with Crippen LogP contribution in [0.25, 0.3) is 11.3 Å². The van der Waals surface area contributed by atoms with Gasteiger partial charge in [0.15, 0.2) is 5.60 Å². The Kier molecular flexibility index (Phi) is 4.45. The summed E-state index contributed by atoms with van der Waals surface area (Å²) >= 11 is 7.83. The molecule has 0 fully saturated rings. The van der Waals surface area contributed by atoms with Gasteiger partial charge in [-0.05, 0) is 49.9 Å². The molecule has 0 N–H and O–H groups in total. The van der Waals surface area contributed by atoms with Crippen molar-refractivity contribution in [3.05, 3.63) is 64.4 Å². The fourth-order valence-corrected chi connectivity index (χ4v) is 3.54. The maximum absolute atomic E-state index is 13.6. The van der Waals surface area contributed by atoms with Gasteiger partial charge in [0.2, 0.25) is 5.78 Å². The van der Waals surface area contributed by atoms with Crippen LogP contribution in [0.3, 0.4) is 0 Å². The third-order valence-electron chi connectivity index (χ3n) is 3.89. The van der Waals surface area contributed by atoms with E-state index in [1.807, 2.05) is 18.4 Å². The molecular weight excluding hydrogens is 347 g/mol. The lowest BCUT2D eigenvalue weighted by atomic mass is 9.92. The number of Topliss-reactive ketones (excluding diaryl/α,β-unsaturated/α-hetero) is 1. The van der Waals surface area contributed by atoms with Gasteiger partial charge in [0.25, 0.3) is 0 Å². The van der Waals surface area contributed by atoms with Crippen molar-refractivity contribution < 1.29 is 13.9 Å². The molecule has 0 radical (unpaired) electrons. The molecule has 0 unspecified atom stereocenters. The van der Waals surface area contributed by atoms with Crippen molar-refractivity contribution >= 4 is 40.5 Å². The van der Waals surface area contributed by atoms with Crippen molar-refractivity contribution in [2.75, 3.05) is 6.26 Å². The fraction of sp³-hybridized carbons (Fsp3) is 0.211. The highest BCUT2D eigenvalue weighted by Crippen LogP contribution is 2.42. The first-order valence-electron chi connectivity index (χ1n) is 7.41. The van der Waals surface area contributed by atoms with Crippen molar-refractivity contribution in [3.8, 4) is 0 Å². The normalized spacial score (nSPS) is 16.5. The van der Waals surface area contributed by atoms with Gasteiger partial charge in [0, 0.05) is 10.5 Å².